The minimum absolute atomic E-state index is 0.317. The fraction of sp³-hybridized carbons (Fsp3) is 0.294. The van der Waals surface area contributed by atoms with Crippen LogP contribution in [0.15, 0.2) is 47.4 Å². The minimum Gasteiger partial charge on any atom is -0.258 e. The van der Waals surface area contributed by atoms with Crippen molar-refractivity contribution < 1.29 is 13.3 Å². The summed E-state index contributed by atoms with van der Waals surface area (Å²) in [6, 6.07) is 10.9. The molecule has 0 bridgehead atoms. The van der Waals surface area contributed by atoms with Crippen LogP contribution in [0.25, 0.3) is 0 Å². The molecule has 1 aliphatic rings. The van der Waals surface area contributed by atoms with E-state index < -0.39 is 26.7 Å². The Morgan fingerprint density at radius 3 is 2.58 bits per heavy atom. The van der Waals surface area contributed by atoms with E-state index in [4.69, 9.17) is 0 Å². The van der Waals surface area contributed by atoms with Gasteiger partial charge in [0.15, 0.2) is 4.90 Å². The van der Waals surface area contributed by atoms with Crippen molar-refractivity contribution in [2.45, 2.75) is 37.1 Å². The van der Waals surface area contributed by atoms with Crippen molar-refractivity contribution in [2.24, 2.45) is 0 Å². The van der Waals surface area contributed by atoms with Crippen molar-refractivity contribution >= 4 is 15.7 Å². The molecule has 0 aliphatic heterocycles. The van der Waals surface area contributed by atoms with Crippen LogP contribution in [0, 0.1) is 10.1 Å². The van der Waals surface area contributed by atoms with Crippen molar-refractivity contribution in [3.05, 3.63) is 69.3 Å². The first-order valence-electron chi connectivity index (χ1n) is 7.76. The topological polar surface area (TPSA) is 89.3 Å². The number of rotatable bonds is 5. The number of nitro groups is 1. The van der Waals surface area contributed by atoms with Crippen LogP contribution in [0.4, 0.5) is 5.69 Å². The summed E-state index contributed by atoms with van der Waals surface area (Å²) in [5, 5.41) is 11.1. The van der Waals surface area contributed by atoms with E-state index in [0.29, 0.717) is 0 Å². The number of para-hydroxylation sites is 1. The van der Waals surface area contributed by atoms with E-state index in [2.05, 4.69) is 4.72 Å². The molecule has 126 valence electrons. The molecule has 0 unspecified atom stereocenters. The average molecular weight is 346 g/mol. The number of nitro benzene ring substituents is 1. The van der Waals surface area contributed by atoms with Gasteiger partial charge in [-0.3, -0.25) is 10.1 Å². The molecule has 24 heavy (non-hydrogen) atoms. The summed E-state index contributed by atoms with van der Waals surface area (Å²) in [6.07, 6.45) is 3.19. The third-order valence-corrected chi connectivity index (χ3v) is 5.89. The second kappa shape index (κ2) is 6.33. The van der Waals surface area contributed by atoms with Crippen LogP contribution in [0.1, 0.15) is 36.1 Å². The van der Waals surface area contributed by atoms with Crippen molar-refractivity contribution in [2.75, 3.05) is 0 Å². The zero-order valence-electron chi connectivity index (χ0n) is 13.2. The quantitative estimate of drug-likeness (QED) is 0.665. The van der Waals surface area contributed by atoms with Gasteiger partial charge in [-0.2, -0.15) is 0 Å². The summed E-state index contributed by atoms with van der Waals surface area (Å²) in [5.74, 6) is 0. The van der Waals surface area contributed by atoms with E-state index in [0.717, 1.165) is 24.8 Å². The molecule has 2 aromatic carbocycles. The summed E-state index contributed by atoms with van der Waals surface area (Å²) in [6.45, 7) is 1.74. The van der Waals surface area contributed by atoms with E-state index in [-0.39, 0.29) is 4.90 Å². The number of fused-ring (bicyclic) bond motifs is 1. The number of benzene rings is 2. The van der Waals surface area contributed by atoms with Gasteiger partial charge in [0.25, 0.3) is 5.69 Å². The monoisotopic (exact) mass is 346 g/mol. The number of sulfonamides is 1. The second-order valence-electron chi connectivity index (χ2n) is 5.95. The van der Waals surface area contributed by atoms with Gasteiger partial charge in [-0.05, 0) is 48.9 Å². The molecule has 0 fully saturated rings. The molecule has 0 radical (unpaired) electrons. The Balaban J connectivity index is 1.88. The highest BCUT2D eigenvalue weighted by Crippen LogP contribution is 2.28. The van der Waals surface area contributed by atoms with Crippen molar-refractivity contribution in [1.82, 2.24) is 4.72 Å². The predicted molar refractivity (Wildman–Crippen MR) is 90.3 cm³/mol. The Labute approximate surface area is 140 Å². The number of aryl methyl sites for hydroxylation is 2. The summed E-state index contributed by atoms with van der Waals surface area (Å²) >= 11 is 0. The van der Waals surface area contributed by atoms with E-state index in [1.54, 1.807) is 6.92 Å². The fourth-order valence-electron chi connectivity index (χ4n) is 3.06. The number of hydrogen-bond acceptors (Lipinski definition) is 4. The van der Waals surface area contributed by atoms with Crippen LogP contribution in [0.3, 0.4) is 0 Å². The van der Waals surface area contributed by atoms with E-state index in [1.165, 1.54) is 35.4 Å². The molecule has 1 atom stereocenters. The lowest BCUT2D eigenvalue weighted by atomic mass is 10.0. The third-order valence-electron chi connectivity index (χ3n) is 4.31. The molecule has 1 aliphatic carbocycles. The molecule has 3 rings (SSSR count). The lowest BCUT2D eigenvalue weighted by Gasteiger charge is -2.16. The van der Waals surface area contributed by atoms with E-state index in [1.807, 2.05) is 18.2 Å². The lowest BCUT2D eigenvalue weighted by Crippen LogP contribution is -2.27. The molecular formula is C17H18N2O4S. The summed E-state index contributed by atoms with van der Waals surface area (Å²) in [7, 11) is -3.99. The van der Waals surface area contributed by atoms with Gasteiger partial charge in [-0.15, -0.1) is 0 Å². The van der Waals surface area contributed by atoms with Crippen molar-refractivity contribution in [1.29, 1.82) is 0 Å². The molecule has 0 amide bonds. The first-order chi connectivity index (χ1) is 11.4. The maximum Gasteiger partial charge on any atom is 0.289 e. The smallest absolute Gasteiger partial charge is 0.258 e. The van der Waals surface area contributed by atoms with Gasteiger partial charge in [0, 0.05) is 12.1 Å². The molecule has 0 heterocycles. The van der Waals surface area contributed by atoms with Crippen molar-refractivity contribution in [3.8, 4) is 0 Å². The van der Waals surface area contributed by atoms with Gasteiger partial charge in [-0.1, -0.05) is 30.3 Å². The molecular weight excluding hydrogens is 328 g/mol. The van der Waals surface area contributed by atoms with Crippen LogP contribution >= 0.6 is 0 Å². The number of hydrogen-bond donors (Lipinski definition) is 1. The highest BCUT2D eigenvalue weighted by Gasteiger charge is 2.27. The third kappa shape index (κ3) is 3.18. The standard InChI is InChI=1S/C17H18N2O4S/c1-12(14-10-9-13-5-4-6-15(13)11-14)18-24(22,23)17-8-3-2-7-16(17)19(20)21/h2-3,7-12,18H,4-6H2,1H3/t12-/m0/s1. The highest BCUT2D eigenvalue weighted by atomic mass is 32.2. The number of nitrogens with one attached hydrogen (secondary N) is 1. The minimum atomic E-state index is -3.99. The van der Waals surface area contributed by atoms with Gasteiger partial charge < -0.3 is 0 Å². The molecule has 0 saturated carbocycles. The Morgan fingerprint density at radius 1 is 1.12 bits per heavy atom. The largest absolute Gasteiger partial charge is 0.289 e. The first-order valence-corrected chi connectivity index (χ1v) is 9.24. The normalized spacial score (nSPS) is 15.0. The maximum absolute atomic E-state index is 12.6. The molecule has 6 nitrogen and oxygen atoms in total. The highest BCUT2D eigenvalue weighted by molar-refractivity contribution is 7.89. The average Bonchev–Trinajstić information content (AvgIpc) is 3.02. The van der Waals surface area contributed by atoms with Gasteiger partial charge in [0.05, 0.1) is 4.92 Å². The first kappa shape index (κ1) is 16.6. The van der Waals surface area contributed by atoms with Crippen LogP contribution < -0.4 is 4.72 Å². The van der Waals surface area contributed by atoms with Gasteiger partial charge in [-0.25, -0.2) is 13.1 Å². The van der Waals surface area contributed by atoms with Gasteiger partial charge in [0.2, 0.25) is 10.0 Å². The van der Waals surface area contributed by atoms with Crippen LogP contribution in [0.5, 0.6) is 0 Å². The van der Waals surface area contributed by atoms with Crippen LogP contribution in [0.2, 0.25) is 0 Å². The Hall–Kier alpha value is -2.25. The SMILES string of the molecule is C[C@H](NS(=O)(=O)c1ccccc1[N+](=O)[O-])c1ccc2c(c1)CCC2. The Bertz CT molecular complexity index is 893. The van der Waals surface area contributed by atoms with E-state index >= 15 is 0 Å². The van der Waals surface area contributed by atoms with Crippen molar-refractivity contribution in [3.63, 3.8) is 0 Å². The fourth-order valence-corrected chi connectivity index (χ4v) is 4.46. The zero-order chi connectivity index (χ0) is 17.3. The molecule has 0 saturated heterocycles. The predicted octanol–water partition coefficient (Wildman–Crippen LogP) is 3.12. The molecule has 0 aromatic heterocycles. The molecule has 1 N–H and O–H groups in total. The van der Waals surface area contributed by atoms with Crippen LogP contribution in [-0.2, 0) is 22.9 Å². The number of nitrogens with zero attached hydrogens (tertiary/aromatic N) is 1. The summed E-state index contributed by atoms with van der Waals surface area (Å²) < 4.78 is 27.7. The van der Waals surface area contributed by atoms with Gasteiger partial charge in [0.1, 0.15) is 0 Å². The van der Waals surface area contributed by atoms with Gasteiger partial charge >= 0.3 is 0 Å². The lowest BCUT2D eigenvalue weighted by molar-refractivity contribution is -0.387. The maximum atomic E-state index is 12.6. The Kier molecular flexibility index (Phi) is 4.38. The summed E-state index contributed by atoms with van der Waals surface area (Å²) in [4.78, 5) is 10.1. The second-order valence-corrected chi connectivity index (χ2v) is 7.63. The molecule has 7 heteroatoms. The molecule has 2 aromatic rings. The van der Waals surface area contributed by atoms with E-state index in [9.17, 15) is 18.5 Å². The summed E-state index contributed by atoms with van der Waals surface area (Å²) in [5.41, 5.74) is 3.00. The molecule has 0 spiro atoms. The Morgan fingerprint density at radius 2 is 1.83 bits per heavy atom. The zero-order valence-corrected chi connectivity index (χ0v) is 14.0. The van der Waals surface area contributed by atoms with Crippen LogP contribution in [-0.4, -0.2) is 13.3 Å².